The van der Waals surface area contributed by atoms with Crippen LogP contribution in [-0.4, -0.2) is 28.7 Å². The summed E-state index contributed by atoms with van der Waals surface area (Å²) in [5.74, 6) is 0.304. The second kappa shape index (κ2) is 9.49. The van der Waals surface area contributed by atoms with Crippen molar-refractivity contribution in [2.24, 2.45) is 5.92 Å². The molecule has 0 spiro atoms. The van der Waals surface area contributed by atoms with Crippen LogP contribution in [0, 0.1) is 5.92 Å². The summed E-state index contributed by atoms with van der Waals surface area (Å²) in [7, 11) is 0. The van der Waals surface area contributed by atoms with E-state index in [-0.39, 0.29) is 18.2 Å². The average Bonchev–Trinajstić information content (AvgIpc) is 2.50. The molecule has 0 aromatic heterocycles. The van der Waals surface area contributed by atoms with Crippen LogP contribution in [0.25, 0.3) is 0 Å². The Balaban J connectivity index is 3.12. The molecule has 1 amide bonds. The topological polar surface area (TPSA) is 41.6 Å². The second-order valence-corrected chi connectivity index (χ2v) is 8.54. The third-order valence-corrected chi connectivity index (χ3v) is 5.09. The first-order valence-electron chi connectivity index (χ1n) is 8.59. The summed E-state index contributed by atoms with van der Waals surface area (Å²) < 4.78 is 6.80. The monoisotopic (exact) mass is 446 g/mol. The van der Waals surface area contributed by atoms with Crippen molar-refractivity contribution in [3.8, 4) is 0 Å². The molecular weight excluding hydrogens is 415 g/mol. The Hall–Kier alpha value is -0.980. The SMILES string of the molecule is C=CNC(C)[C@H]1CC=CC[C@H]1N(/C=C(/I)CC)C(=O)OC(C)(C)C. The van der Waals surface area contributed by atoms with Gasteiger partial charge in [0.05, 0.1) is 0 Å². The summed E-state index contributed by atoms with van der Waals surface area (Å²) in [6, 6.07) is 0.304. The van der Waals surface area contributed by atoms with Gasteiger partial charge in [0.25, 0.3) is 0 Å². The molecule has 1 aliphatic carbocycles. The zero-order chi connectivity index (χ0) is 18.3. The summed E-state index contributed by atoms with van der Waals surface area (Å²) in [5.41, 5.74) is -0.508. The van der Waals surface area contributed by atoms with E-state index in [0.717, 1.165) is 22.8 Å². The lowest BCUT2D eigenvalue weighted by Gasteiger charge is -2.39. The minimum Gasteiger partial charge on any atom is -0.443 e. The van der Waals surface area contributed by atoms with E-state index >= 15 is 0 Å². The van der Waals surface area contributed by atoms with Crippen LogP contribution in [0.5, 0.6) is 0 Å². The Bertz CT molecular complexity index is 494. The number of nitrogens with one attached hydrogen (secondary N) is 1. The van der Waals surface area contributed by atoms with Gasteiger partial charge in [-0.15, -0.1) is 0 Å². The van der Waals surface area contributed by atoms with Crippen LogP contribution in [0.4, 0.5) is 4.79 Å². The first-order valence-corrected chi connectivity index (χ1v) is 9.67. The fourth-order valence-corrected chi connectivity index (χ4v) is 3.13. The zero-order valence-electron chi connectivity index (χ0n) is 15.5. The number of amides is 1. The van der Waals surface area contributed by atoms with Gasteiger partial charge in [-0.25, -0.2) is 4.79 Å². The van der Waals surface area contributed by atoms with Gasteiger partial charge in [0.15, 0.2) is 0 Å². The maximum Gasteiger partial charge on any atom is 0.414 e. The molecule has 1 unspecified atom stereocenters. The largest absolute Gasteiger partial charge is 0.443 e. The van der Waals surface area contributed by atoms with Gasteiger partial charge in [-0.3, -0.25) is 4.90 Å². The molecule has 1 aliphatic rings. The lowest BCUT2D eigenvalue weighted by molar-refractivity contribution is 0.0198. The van der Waals surface area contributed by atoms with Crippen molar-refractivity contribution in [3.63, 3.8) is 0 Å². The van der Waals surface area contributed by atoms with E-state index in [1.54, 1.807) is 11.1 Å². The molecule has 1 N–H and O–H groups in total. The van der Waals surface area contributed by atoms with Gasteiger partial charge < -0.3 is 10.1 Å². The highest BCUT2D eigenvalue weighted by molar-refractivity contribution is 14.1. The number of carbonyl (C=O) groups excluding carboxylic acids is 1. The third kappa shape index (κ3) is 6.49. The fourth-order valence-electron chi connectivity index (χ4n) is 2.83. The minimum atomic E-state index is -0.508. The summed E-state index contributed by atoms with van der Waals surface area (Å²) in [6.45, 7) is 13.7. The van der Waals surface area contributed by atoms with Crippen LogP contribution >= 0.6 is 22.6 Å². The molecule has 3 atom stereocenters. The summed E-state index contributed by atoms with van der Waals surface area (Å²) in [5, 5.41) is 3.28. The van der Waals surface area contributed by atoms with E-state index in [2.05, 4.69) is 60.5 Å². The number of rotatable bonds is 6. The number of ether oxygens (including phenoxy) is 1. The first kappa shape index (κ1) is 21.1. The van der Waals surface area contributed by atoms with E-state index in [9.17, 15) is 4.79 Å². The second-order valence-electron chi connectivity index (χ2n) is 7.15. The molecule has 24 heavy (non-hydrogen) atoms. The molecule has 0 radical (unpaired) electrons. The number of hydrogen-bond acceptors (Lipinski definition) is 3. The summed E-state index contributed by atoms with van der Waals surface area (Å²) in [6.07, 6.45) is 10.4. The van der Waals surface area contributed by atoms with Gasteiger partial charge in [0.2, 0.25) is 0 Å². The number of allylic oxidation sites excluding steroid dienone is 2. The van der Waals surface area contributed by atoms with Gasteiger partial charge in [-0.1, -0.05) is 25.7 Å². The Morgan fingerprint density at radius 2 is 2.08 bits per heavy atom. The van der Waals surface area contributed by atoms with E-state index in [4.69, 9.17) is 4.74 Å². The van der Waals surface area contributed by atoms with Gasteiger partial charge in [0, 0.05) is 27.8 Å². The number of carbonyl (C=O) groups is 1. The van der Waals surface area contributed by atoms with Gasteiger partial charge in [-0.05, 0) is 75.7 Å². The summed E-state index contributed by atoms with van der Waals surface area (Å²) >= 11 is 2.29. The first-order chi connectivity index (χ1) is 11.2. The molecule has 1 rings (SSSR count). The van der Waals surface area contributed by atoms with Crippen LogP contribution in [0.3, 0.4) is 0 Å². The molecular formula is C19H31IN2O2. The average molecular weight is 446 g/mol. The van der Waals surface area contributed by atoms with E-state index in [1.807, 2.05) is 27.0 Å². The van der Waals surface area contributed by atoms with Crippen molar-refractivity contribution in [3.05, 3.63) is 34.7 Å². The predicted molar refractivity (Wildman–Crippen MR) is 109 cm³/mol. The molecule has 0 fully saturated rings. The molecule has 0 saturated carbocycles. The quantitative estimate of drug-likeness (QED) is 0.441. The van der Waals surface area contributed by atoms with Gasteiger partial charge in [-0.2, -0.15) is 0 Å². The molecule has 136 valence electrons. The lowest BCUT2D eigenvalue weighted by Crippen LogP contribution is -2.49. The number of halogens is 1. The fraction of sp³-hybridized carbons (Fsp3) is 0.632. The van der Waals surface area contributed by atoms with Crippen LogP contribution in [0.1, 0.15) is 53.9 Å². The molecule has 5 heteroatoms. The van der Waals surface area contributed by atoms with Crippen molar-refractivity contribution < 1.29 is 9.53 Å². The van der Waals surface area contributed by atoms with Crippen molar-refractivity contribution in [2.75, 3.05) is 0 Å². The van der Waals surface area contributed by atoms with Crippen LogP contribution in [0.15, 0.2) is 34.7 Å². The maximum absolute atomic E-state index is 12.8. The number of nitrogens with zero attached hydrogens (tertiary/aromatic N) is 1. The maximum atomic E-state index is 12.8. The van der Waals surface area contributed by atoms with E-state index in [0.29, 0.717) is 5.92 Å². The Morgan fingerprint density at radius 1 is 1.46 bits per heavy atom. The minimum absolute atomic E-state index is 0.0728. The predicted octanol–water partition coefficient (Wildman–Crippen LogP) is 5.37. The van der Waals surface area contributed by atoms with Crippen molar-refractivity contribution >= 4 is 28.7 Å². The van der Waals surface area contributed by atoms with E-state index < -0.39 is 5.60 Å². The Kier molecular flexibility index (Phi) is 8.33. The van der Waals surface area contributed by atoms with Crippen molar-refractivity contribution in [2.45, 2.75) is 71.6 Å². The molecule has 0 aromatic carbocycles. The third-order valence-electron chi connectivity index (χ3n) is 4.05. The highest BCUT2D eigenvalue weighted by Gasteiger charge is 2.35. The summed E-state index contributed by atoms with van der Waals surface area (Å²) in [4.78, 5) is 14.6. The van der Waals surface area contributed by atoms with Gasteiger partial charge >= 0.3 is 6.09 Å². The van der Waals surface area contributed by atoms with Crippen LogP contribution in [0.2, 0.25) is 0 Å². The Labute approximate surface area is 160 Å². The molecule has 0 aromatic rings. The van der Waals surface area contributed by atoms with Gasteiger partial charge in [0.1, 0.15) is 5.60 Å². The Morgan fingerprint density at radius 3 is 2.62 bits per heavy atom. The molecule has 0 heterocycles. The molecule has 0 aliphatic heterocycles. The lowest BCUT2D eigenvalue weighted by atomic mass is 9.83. The normalized spacial score (nSPS) is 22.7. The van der Waals surface area contributed by atoms with E-state index in [1.165, 1.54) is 0 Å². The zero-order valence-corrected chi connectivity index (χ0v) is 17.7. The van der Waals surface area contributed by atoms with Crippen molar-refractivity contribution in [1.82, 2.24) is 10.2 Å². The van der Waals surface area contributed by atoms with Crippen LogP contribution < -0.4 is 5.32 Å². The highest BCUT2D eigenvalue weighted by Crippen LogP contribution is 2.30. The van der Waals surface area contributed by atoms with Crippen molar-refractivity contribution in [1.29, 1.82) is 0 Å². The molecule has 0 saturated heterocycles. The smallest absolute Gasteiger partial charge is 0.414 e. The molecule has 0 bridgehead atoms. The highest BCUT2D eigenvalue weighted by atomic mass is 127. The van der Waals surface area contributed by atoms with Crippen LogP contribution in [-0.2, 0) is 4.74 Å². The number of hydrogen-bond donors (Lipinski definition) is 1. The standard InChI is InChI=1S/C19H31IN2O2/c1-7-15(20)13-22(18(23)24-19(4,5)6)17-12-10-9-11-16(17)14(3)21-8-2/h8-10,13-14,16-17,21H,2,7,11-12H2,1,3-6H3/b15-13+/t14?,16-,17-/m1/s1. The molecule has 4 nitrogen and oxygen atoms in total.